The Balaban J connectivity index is 2.71. The summed E-state index contributed by atoms with van der Waals surface area (Å²) in [6.45, 7) is -0.691. The van der Waals surface area contributed by atoms with Gasteiger partial charge in [0.2, 0.25) is 0 Å². The largest absolute Gasteiger partial charge is 0.852 e. The van der Waals surface area contributed by atoms with E-state index in [1.165, 1.54) is 24.3 Å². The molecule has 0 aliphatic heterocycles. The first kappa shape index (κ1) is 11.2. The number of carboxylic acid groups (broad SMARTS) is 1. The molecule has 0 aliphatic rings. The summed E-state index contributed by atoms with van der Waals surface area (Å²) in [6.07, 6.45) is 0. The van der Waals surface area contributed by atoms with E-state index >= 15 is 0 Å². The second kappa shape index (κ2) is 5.11. The van der Waals surface area contributed by atoms with E-state index in [9.17, 15) is 19.8 Å². The summed E-state index contributed by atoms with van der Waals surface area (Å²) < 4.78 is 4.56. The number of carbonyl (C=O) groups is 2. The second-order valence-electron chi connectivity index (χ2n) is 2.70. The van der Waals surface area contributed by atoms with Crippen molar-refractivity contribution in [3.05, 3.63) is 35.4 Å². The van der Waals surface area contributed by atoms with Crippen molar-refractivity contribution in [2.45, 2.75) is 0 Å². The van der Waals surface area contributed by atoms with Crippen molar-refractivity contribution in [1.82, 2.24) is 0 Å². The molecule has 1 aromatic carbocycles. The van der Waals surface area contributed by atoms with Crippen molar-refractivity contribution in [2.24, 2.45) is 0 Å². The first-order chi connectivity index (χ1) is 7.15. The molecule has 0 N–H and O–H groups in total. The summed E-state index contributed by atoms with van der Waals surface area (Å²) in [5.41, 5.74) is 0.184. The average molecular weight is 208 g/mol. The average Bonchev–Trinajstić information content (AvgIpc) is 2.26. The van der Waals surface area contributed by atoms with Gasteiger partial charge in [-0.25, -0.2) is 4.79 Å². The van der Waals surface area contributed by atoms with Gasteiger partial charge in [-0.05, 0) is 17.7 Å². The Morgan fingerprint density at radius 3 is 2.13 bits per heavy atom. The highest BCUT2D eigenvalue weighted by molar-refractivity contribution is 5.91. The zero-order chi connectivity index (χ0) is 11.3. The smallest absolute Gasteiger partial charge is 0.338 e. The number of aromatic carboxylic acids is 1. The maximum atomic E-state index is 11.2. The quantitative estimate of drug-likeness (QED) is 0.566. The van der Waals surface area contributed by atoms with Crippen LogP contribution in [0.15, 0.2) is 24.3 Å². The van der Waals surface area contributed by atoms with E-state index < -0.39 is 18.5 Å². The zero-order valence-corrected chi connectivity index (χ0v) is 7.76. The molecule has 5 nitrogen and oxygen atoms in total. The molecule has 0 heterocycles. The van der Waals surface area contributed by atoms with Gasteiger partial charge in [0.1, 0.15) is 0 Å². The summed E-state index contributed by atoms with van der Waals surface area (Å²) in [6, 6.07) is 5.09. The van der Waals surface area contributed by atoms with Crippen LogP contribution in [0, 0.1) is 0 Å². The Bertz CT molecular complexity index is 355. The molecule has 1 rings (SSSR count). The molecule has 0 bridgehead atoms. The molecule has 0 radical (unpaired) electrons. The van der Waals surface area contributed by atoms with Gasteiger partial charge in [-0.2, -0.15) is 0 Å². The summed E-state index contributed by atoms with van der Waals surface area (Å²) in [5.74, 6) is -1.95. The van der Waals surface area contributed by atoms with Crippen molar-refractivity contribution in [2.75, 3.05) is 13.2 Å². The fourth-order valence-corrected chi connectivity index (χ4v) is 0.960. The molecule has 0 amide bonds. The Morgan fingerprint density at radius 2 is 1.67 bits per heavy atom. The topological polar surface area (TPSA) is 89.5 Å². The minimum Gasteiger partial charge on any atom is -0.852 e. The molecule has 80 valence electrons. The van der Waals surface area contributed by atoms with Crippen LogP contribution in [0.3, 0.4) is 0 Å². The van der Waals surface area contributed by atoms with E-state index in [0.29, 0.717) is 0 Å². The Kier molecular flexibility index (Phi) is 3.82. The minimum absolute atomic E-state index is 0.0182. The Labute approximate surface area is 85.9 Å². The lowest BCUT2D eigenvalue weighted by molar-refractivity contribution is -0.371. The monoisotopic (exact) mass is 208 g/mol. The Hall–Kier alpha value is -1.88. The van der Waals surface area contributed by atoms with Crippen molar-refractivity contribution in [3.8, 4) is 0 Å². The third kappa shape index (κ3) is 3.07. The highest BCUT2D eigenvalue weighted by Crippen LogP contribution is 2.05. The molecule has 15 heavy (non-hydrogen) atoms. The number of benzene rings is 1. The van der Waals surface area contributed by atoms with Gasteiger partial charge in [-0.1, -0.05) is 12.1 Å². The maximum absolute atomic E-state index is 11.2. The SMILES string of the molecule is O=C([O-])c1ccc(C(=O)OCC[O-])cc1. The second-order valence-corrected chi connectivity index (χ2v) is 2.70. The van der Waals surface area contributed by atoms with Gasteiger partial charge in [0.05, 0.1) is 18.1 Å². The molecule has 0 unspecified atom stereocenters. The zero-order valence-electron chi connectivity index (χ0n) is 7.76. The van der Waals surface area contributed by atoms with E-state index in [0.717, 1.165) is 0 Å². The first-order valence-corrected chi connectivity index (χ1v) is 4.22. The van der Waals surface area contributed by atoms with E-state index in [4.69, 9.17) is 0 Å². The lowest BCUT2D eigenvalue weighted by Gasteiger charge is -2.07. The van der Waals surface area contributed by atoms with Gasteiger partial charge in [-0.3, -0.25) is 0 Å². The van der Waals surface area contributed by atoms with Gasteiger partial charge in [-0.15, -0.1) is 6.61 Å². The normalized spacial score (nSPS) is 9.67. The number of hydrogen-bond donors (Lipinski definition) is 0. The van der Waals surface area contributed by atoms with E-state index in [1.54, 1.807) is 0 Å². The molecule has 0 aliphatic carbocycles. The van der Waals surface area contributed by atoms with Crippen LogP contribution in [-0.2, 0) is 4.74 Å². The fourth-order valence-electron chi connectivity index (χ4n) is 0.960. The fraction of sp³-hybridized carbons (Fsp3) is 0.200. The Morgan fingerprint density at radius 1 is 1.13 bits per heavy atom. The van der Waals surface area contributed by atoms with Gasteiger partial charge in [0.25, 0.3) is 0 Å². The molecule has 1 aromatic rings. The van der Waals surface area contributed by atoms with Crippen molar-refractivity contribution >= 4 is 11.9 Å². The number of esters is 1. The van der Waals surface area contributed by atoms with Crippen molar-refractivity contribution < 1.29 is 24.5 Å². The molecule has 0 spiro atoms. The maximum Gasteiger partial charge on any atom is 0.338 e. The van der Waals surface area contributed by atoms with Crippen LogP contribution in [0.5, 0.6) is 0 Å². The van der Waals surface area contributed by atoms with Gasteiger partial charge >= 0.3 is 5.97 Å². The van der Waals surface area contributed by atoms with Crippen LogP contribution in [0.4, 0.5) is 0 Å². The third-order valence-electron chi connectivity index (χ3n) is 1.67. The number of carboxylic acids is 1. The highest BCUT2D eigenvalue weighted by atomic mass is 16.5. The van der Waals surface area contributed by atoms with Crippen LogP contribution in [-0.4, -0.2) is 25.2 Å². The molecule has 0 fully saturated rings. The predicted octanol–water partition coefficient (Wildman–Crippen LogP) is -1.43. The summed E-state index contributed by atoms with van der Waals surface area (Å²) >= 11 is 0. The third-order valence-corrected chi connectivity index (χ3v) is 1.67. The van der Waals surface area contributed by atoms with E-state index in [-0.39, 0.29) is 17.7 Å². The number of carbonyl (C=O) groups excluding carboxylic acids is 2. The molecule has 0 saturated heterocycles. The molecule has 0 saturated carbocycles. The summed E-state index contributed by atoms with van der Waals surface area (Å²) in [4.78, 5) is 21.5. The van der Waals surface area contributed by atoms with Crippen molar-refractivity contribution in [1.29, 1.82) is 0 Å². The lowest BCUT2D eigenvalue weighted by Crippen LogP contribution is -2.22. The molecule has 0 aromatic heterocycles. The molecular weight excluding hydrogens is 200 g/mol. The standard InChI is InChI=1S/C10H9O5/c11-5-6-15-10(14)8-3-1-7(2-4-8)9(12)13/h1-4H,5-6H2,(H,12,13)/q-1/p-1. The van der Waals surface area contributed by atoms with Crippen LogP contribution in [0.2, 0.25) is 0 Å². The minimum atomic E-state index is -1.31. The summed E-state index contributed by atoms with van der Waals surface area (Å²) in [5, 5.41) is 20.4. The van der Waals surface area contributed by atoms with E-state index in [1.807, 2.05) is 0 Å². The molecule has 0 atom stereocenters. The molecular formula is C10H8O5-2. The summed E-state index contributed by atoms with van der Waals surface area (Å²) in [7, 11) is 0. The van der Waals surface area contributed by atoms with Crippen LogP contribution in [0.25, 0.3) is 0 Å². The van der Waals surface area contributed by atoms with Crippen LogP contribution >= 0.6 is 0 Å². The lowest BCUT2D eigenvalue weighted by atomic mass is 10.1. The van der Waals surface area contributed by atoms with Gasteiger partial charge in [0, 0.05) is 0 Å². The first-order valence-electron chi connectivity index (χ1n) is 4.22. The number of rotatable bonds is 4. The van der Waals surface area contributed by atoms with Crippen LogP contribution < -0.4 is 10.2 Å². The van der Waals surface area contributed by atoms with Crippen molar-refractivity contribution in [3.63, 3.8) is 0 Å². The van der Waals surface area contributed by atoms with E-state index in [2.05, 4.69) is 4.74 Å². The molecule has 5 heteroatoms. The van der Waals surface area contributed by atoms with Crippen LogP contribution in [0.1, 0.15) is 20.7 Å². The number of ether oxygens (including phenoxy) is 1. The predicted molar refractivity (Wildman–Crippen MR) is 45.9 cm³/mol. The highest BCUT2D eigenvalue weighted by Gasteiger charge is 2.05. The number of hydrogen-bond acceptors (Lipinski definition) is 5. The van der Waals surface area contributed by atoms with Gasteiger partial charge in [0.15, 0.2) is 0 Å². The van der Waals surface area contributed by atoms with Gasteiger partial charge < -0.3 is 19.7 Å².